The third kappa shape index (κ3) is 7.28. The molecular formula is C13H14F3NO4. The highest BCUT2D eigenvalue weighted by atomic mass is 19.4. The van der Waals surface area contributed by atoms with Crippen LogP contribution in [-0.4, -0.2) is 23.1 Å². The summed E-state index contributed by atoms with van der Waals surface area (Å²) in [5.74, 6) is -3.55. The van der Waals surface area contributed by atoms with Crippen LogP contribution < -0.4 is 0 Å². The molecular weight excluding hydrogens is 291 g/mol. The largest absolute Gasteiger partial charge is 0.495 e. The van der Waals surface area contributed by atoms with Crippen LogP contribution in [0.2, 0.25) is 0 Å². The van der Waals surface area contributed by atoms with E-state index in [0.717, 1.165) is 18.4 Å². The van der Waals surface area contributed by atoms with Crippen molar-refractivity contribution in [3.63, 3.8) is 0 Å². The van der Waals surface area contributed by atoms with E-state index in [4.69, 9.17) is 0 Å². The van der Waals surface area contributed by atoms with E-state index in [1.54, 1.807) is 12.4 Å². The Morgan fingerprint density at radius 3 is 2.52 bits per heavy atom. The fraction of sp³-hybridized carbons (Fsp3) is 0.462. The van der Waals surface area contributed by atoms with E-state index in [0.29, 0.717) is 12.8 Å². The van der Waals surface area contributed by atoms with Crippen LogP contribution in [0, 0.1) is 0 Å². The number of aryl methyl sites for hydroxylation is 1. The van der Waals surface area contributed by atoms with Crippen LogP contribution in [0.5, 0.6) is 0 Å². The van der Waals surface area contributed by atoms with Gasteiger partial charge in [-0.15, -0.1) is 0 Å². The van der Waals surface area contributed by atoms with Gasteiger partial charge in [-0.2, -0.15) is 13.2 Å². The first-order valence-corrected chi connectivity index (χ1v) is 6.27. The average Bonchev–Trinajstić information content (AvgIpc) is 2.44. The van der Waals surface area contributed by atoms with Gasteiger partial charge in [0.05, 0.1) is 6.42 Å². The monoisotopic (exact) mass is 305 g/mol. The molecule has 116 valence electrons. The van der Waals surface area contributed by atoms with Crippen molar-refractivity contribution in [3.05, 3.63) is 30.1 Å². The topological polar surface area (TPSA) is 65.5 Å². The molecule has 0 radical (unpaired) electrons. The lowest BCUT2D eigenvalue weighted by Crippen LogP contribution is -2.26. The predicted octanol–water partition coefficient (Wildman–Crippen LogP) is 2.75. The molecule has 0 aromatic carbocycles. The molecule has 21 heavy (non-hydrogen) atoms. The fourth-order valence-electron chi connectivity index (χ4n) is 1.49. The summed E-state index contributed by atoms with van der Waals surface area (Å²) in [5, 5.41) is 0. The summed E-state index contributed by atoms with van der Waals surface area (Å²) >= 11 is 0. The van der Waals surface area contributed by atoms with Gasteiger partial charge in [-0.25, -0.2) is 19.4 Å². The number of hydrogen-bond donors (Lipinski definition) is 0. The molecule has 1 heterocycles. The lowest BCUT2D eigenvalue weighted by Gasteiger charge is -2.05. The number of alkyl halides is 3. The Morgan fingerprint density at radius 1 is 1.14 bits per heavy atom. The predicted molar refractivity (Wildman–Crippen MR) is 64.6 cm³/mol. The van der Waals surface area contributed by atoms with Crippen LogP contribution in [0.1, 0.15) is 31.2 Å². The van der Waals surface area contributed by atoms with Crippen LogP contribution in [-0.2, 0) is 25.8 Å². The third-order valence-electron chi connectivity index (χ3n) is 2.51. The Hall–Kier alpha value is -2.12. The van der Waals surface area contributed by atoms with Crippen molar-refractivity contribution in [2.24, 2.45) is 0 Å². The molecule has 0 aliphatic heterocycles. The Balaban J connectivity index is 2.07. The molecule has 0 N–H and O–H groups in total. The fourth-order valence-corrected chi connectivity index (χ4v) is 1.49. The van der Waals surface area contributed by atoms with Crippen LogP contribution in [0.4, 0.5) is 13.2 Å². The second-order valence-electron chi connectivity index (χ2n) is 4.25. The average molecular weight is 305 g/mol. The molecule has 1 rings (SSSR count). The first-order valence-electron chi connectivity index (χ1n) is 6.27. The summed E-state index contributed by atoms with van der Waals surface area (Å²) in [6, 6.07) is 3.75. The quantitative estimate of drug-likeness (QED) is 0.459. The molecule has 0 fully saturated rings. The number of pyridine rings is 1. The smallest absolute Gasteiger partial charge is 0.264 e. The van der Waals surface area contributed by atoms with Crippen molar-refractivity contribution in [2.45, 2.75) is 38.3 Å². The second kappa shape index (κ2) is 8.23. The first-order chi connectivity index (χ1) is 9.89. The molecule has 0 saturated heterocycles. The molecule has 0 aliphatic carbocycles. The van der Waals surface area contributed by atoms with Crippen molar-refractivity contribution < 1.29 is 32.5 Å². The number of nitrogens with zero attached hydrogens (tertiary/aromatic N) is 1. The van der Waals surface area contributed by atoms with Crippen LogP contribution >= 0.6 is 0 Å². The molecule has 0 aliphatic rings. The summed E-state index contributed by atoms with van der Waals surface area (Å²) in [6.45, 7) is 0. The van der Waals surface area contributed by atoms with Gasteiger partial charge in [0.25, 0.3) is 0 Å². The molecule has 5 nitrogen and oxygen atoms in total. The zero-order chi connectivity index (χ0) is 15.7. The minimum absolute atomic E-state index is 0.113. The molecule has 0 spiro atoms. The van der Waals surface area contributed by atoms with Gasteiger partial charge in [0, 0.05) is 12.4 Å². The Labute approximate surface area is 119 Å². The standard InChI is InChI=1S/C13H14F3NO4/c14-13(15,16)12(19)21-20-11(18)7-3-1-2-5-10-6-4-8-17-9-10/h4,6,8-9H,1-3,5,7H2. The number of rotatable bonds is 6. The third-order valence-corrected chi connectivity index (χ3v) is 2.51. The maximum absolute atomic E-state index is 11.7. The van der Waals surface area contributed by atoms with E-state index in [1.807, 2.05) is 12.1 Å². The van der Waals surface area contributed by atoms with Gasteiger partial charge in [-0.3, -0.25) is 4.98 Å². The summed E-state index contributed by atoms with van der Waals surface area (Å²) in [5.41, 5.74) is 1.07. The first kappa shape index (κ1) is 16.9. The SMILES string of the molecule is O=C(CCCCCc1cccnc1)OOC(=O)C(F)(F)F. The van der Waals surface area contributed by atoms with Gasteiger partial charge in [-0.1, -0.05) is 12.5 Å². The van der Waals surface area contributed by atoms with E-state index in [1.165, 1.54) is 0 Å². The van der Waals surface area contributed by atoms with Crippen molar-refractivity contribution >= 4 is 11.9 Å². The Morgan fingerprint density at radius 2 is 1.90 bits per heavy atom. The maximum Gasteiger partial charge on any atom is 0.495 e. The minimum Gasteiger partial charge on any atom is -0.264 e. The summed E-state index contributed by atoms with van der Waals surface area (Å²) in [7, 11) is 0. The van der Waals surface area contributed by atoms with Crippen molar-refractivity contribution in [2.75, 3.05) is 0 Å². The van der Waals surface area contributed by atoms with Gasteiger partial charge in [0.2, 0.25) is 0 Å². The van der Waals surface area contributed by atoms with E-state index < -0.39 is 18.1 Å². The zero-order valence-corrected chi connectivity index (χ0v) is 11.1. The number of carbonyl (C=O) groups is 2. The lowest BCUT2D eigenvalue weighted by molar-refractivity contribution is -0.285. The number of aromatic nitrogens is 1. The highest BCUT2D eigenvalue weighted by Crippen LogP contribution is 2.16. The molecule has 0 unspecified atom stereocenters. The van der Waals surface area contributed by atoms with Crippen molar-refractivity contribution in [1.29, 1.82) is 0 Å². The minimum atomic E-state index is -5.18. The van der Waals surface area contributed by atoms with Crippen LogP contribution in [0.15, 0.2) is 24.5 Å². The van der Waals surface area contributed by atoms with Gasteiger partial charge < -0.3 is 0 Å². The Bertz CT molecular complexity index is 462. The lowest BCUT2D eigenvalue weighted by atomic mass is 10.1. The summed E-state index contributed by atoms with van der Waals surface area (Å²) < 4.78 is 35.2. The number of unbranched alkanes of at least 4 members (excludes halogenated alkanes) is 2. The van der Waals surface area contributed by atoms with E-state index in [-0.39, 0.29) is 6.42 Å². The van der Waals surface area contributed by atoms with Gasteiger partial charge in [0.1, 0.15) is 0 Å². The summed E-state index contributed by atoms with van der Waals surface area (Å²) in [6.07, 6.45) is 0.849. The van der Waals surface area contributed by atoms with E-state index >= 15 is 0 Å². The zero-order valence-electron chi connectivity index (χ0n) is 11.1. The number of halogens is 3. The molecule has 1 aromatic heterocycles. The highest BCUT2D eigenvalue weighted by molar-refractivity contribution is 5.76. The van der Waals surface area contributed by atoms with Crippen LogP contribution in [0.25, 0.3) is 0 Å². The van der Waals surface area contributed by atoms with Crippen molar-refractivity contribution in [3.8, 4) is 0 Å². The van der Waals surface area contributed by atoms with Crippen molar-refractivity contribution in [1.82, 2.24) is 4.98 Å². The van der Waals surface area contributed by atoms with Crippen LogP contribution in [0.3, 0.4) is 0 Å². The normalized spacial score (nSPS) is 11.0. The molecule has 8 heteroatoms. The summed E-state index contributed by atoms with van der Waals surface area (Å²) in [4.78, 5) is 32.4. The number of carbonyl (C=O) groups excluding carboxylic acids is 2. The van der Waals surface area contributed by atoms with E-state index in [9.17, 15) is 22.8 Å². The molecule has 0 amide bonds. The Kier molecular flexibility index (Phi) is 6.64. The van der Waals surface area contributed by atoms with Gasteiger partial charge >= 0.3 is 18.1 Å². The highest BCUT2D eigenvalue weighted by Gasteiger charge is 2.43. The molecule has 1 aromatic rings. The molecule has 0 bridgehead atoms. The molecule has 0 atom stereocenters. The second-order valence-corrected chi connectivity index (χ2v) is 4.25. The van der Waals surface area contributed by atoms with E-state index in [2.05, 4.69) is 14.8 Å². The molecule has 0 saturated carbocycles. The van der Waals surface area contributed by atoms with Gasteiger partial charge in [-0.05, 0) is 30.9 Å². The maximum atomic E-state index is 11.7. The van der Waals surface area contributed by atoms with Gasteiger partial charge in [0.15, 0.2) is 0 Å². The number of hydrogen-bond acceptors (Lipinski definition) is 5.